The van der Waals surface area contributed by atoms with Gasteiger partial charge in [-0.05, 0) is 12.3 Å². The van der Waals surface area contributed by atoms with Crippen molar-refractivity contribution in [2.24, 2.45) is 11.8 Å². The van der Waals surface area contributed by atoms with Crippen LogP contribution in [-0.2, 0) is 4.79 Å². The molecule has 0 heterocycles. The van der Waals surface area contributed by atoms with E-state index in [9.17, 15) is 4.79 Å². The average molecular weight is 195 g/mol. The third kappa shape index (κ3) is 8.69. The van der Waals surface area contributed by atoms with Crippen molar-refractivity contribution in [1.29, 1.82) is 5.26 Å². The molecular formula is C8H14KNO2. The Balaban J connectivity index is -0.000000500. The second kappa shape index (κ2) is 8.21. The number of carboxylic acid groups (broad SMARTS) is 1. The summed E-state index contributed by atoms with van der Waals surface area (Å²) in [6.07, 6.45) is 0.636. The van der Waals surface area contributed by atoms with Crippen molar-refractivity contribution in [1.82, 2.24) is 0 Å². The smallest absolute Gasteiger partial charge is 1.00 e. The molecule has 0 saturated carbocycles. The Morgan fingerprint density at radius 3 is 2.42 bits per heavy atom. The fourth-order valence-corrected chi connectivity index (χ4v) is 0.962. The Morgan fingerprint density at radius 1 is 1.67 bits per heavy atom. The standard InChI is InChI=1S/C8H13NO2.K.H/c1-6(2)3-7(5-9)4-8(10)11;;/h6-7H,3-4H2,1-2H3,(H,10,11);;/q;+1;-1/t7-;;/m0../s1. The first-order chi connectivity index (χ1) is 5.06. The monoisotopic (exact) mass is 195 g/mol. The minimum absolute atomic E-state index is 0. The summed E-state index contributed by atoms with van der Waals surface area (Å²) in [6, 6.07) is 1.98. The number of carboxylic acids is 1. The van der Waals surface area contributed by atoms with Crippen LogP contribution in [0.3, 0.4) is 0 Å². The van der Waals surface area contributed by atoms with Gasteiger partial charge < -0.3 is 6.53 Å². The van der Waals surface area contributed by atoms with Gasteiger partial charge >= 0.3 is 57.4 Å². The van der Waals surface area contributed by atoms with E-state index >= 15 is 0 Å². The SMILES string of the molecule is CC(C)C[C@H](C#N)CC(=O)O.[H-].[K+]. The molecule has 4 heteroatoms. The van der Waals surface area contributed by atoms with Crippen LogP contribution >= 0.6 is 0 Å². The molecule has 0 aromatic rings. The molecule has 0 fully saturated rings. The van der Waals surface area contributed by atoms with E-state index in [1.165, 1.54) is 0 Å². The fraction of sp³-hybridized carbons (Fsp3) is 0.750. The number of nitrogens with zero attached hydrogens (tertiary/aromatic N) is 1. The van der Waals surface area contributed by atoms with Gasteiger partial charge in [-0.1, -0.05) is 13.8 Å². The zero-order valence-corrected chi connectivity index (χ0v) is 11.0. The number of rotatable bonds is 4. The Hall–Kier alpha value is 0.596. The van der Waals surface area contributed by atoms with Gasteiger partial charge in [-0.2, -0.15) is 5.26 Å². The first kappa shape index (κ1) is 15.1. The maximum atomic E-state index is 10.2. The van der Waals surface area contributed by atoms with Crippen molar-refractivity contribution in [3.8, 4) is 6.07 Å². The van der Waals surface area contributed by atoms with E-state index in [1.54, 1.807) is 0 Å². The minimum atomic E-state index is -0.891. The third-order valence-electron chi connectivity index (χ3n) is 1.36. The Labute approximate surface area is 117 Å². The predicted molar refractivity (Wildman–Crippen MR) is 41.9 cm³/mol. The van der Waals surface area contributed by atoms with E-state index in [4.69, 9.17) is 10.4 Å². The van der Waals surface area contributed by atoms with Gasteiger partial charge in [-0.3, -0.25) is 4.79 Å². The number of hydrogen-bond acceptors (Lipinski definition) is 2. The van der Waals surface area contributed by atoms with E-state index in [0.717, 1.165) is 0 Å². The maximum absolute atomic E-state index is 10.2. The van der Waals surface area contributed by atoms with Crippen LogP contribution < -0.4 is 51.4 Å². The van der Waals surface area contributed by atoms with Crippen LogP contribution in [0.2, 0.25) is 0 Å². The zero-order chi connectivity index (χ0) is 8.85. The predicted octanol–water partition coefficient (Wildman–Crippen LogP) is -1.24. The first-order valence-electron chi connectivity index (χ1n) is 3.67. The van der Waals surface area contributed by atoms with E-state index in [1.807, 2.05) is 19.9 Å². The summed E-state index contributed by atoms with van der Waals surface area (Å²) >= 11 is 0. The molecule has 3 nitrogen and oxygen atoms in total. The molecule has 0 unspecified atom stereocenters. The second-order valence-electron chi connectivity index (χ2n) is 3.05. The molecule has 0 radical (unpaired) electrons. The Morgan fingerprint density at radius 2 is 2.17 bits per heavy atom. The van der Waals surface area contributed by atoms with Crippen molar-refractivity contribution < 1.29 is 62.7 Å². The summed E-state index contributed by atoms with van der Waals surface area (Å²) in [5.74, 6) is -0.830. The quantitative estimate of drug-likeness (QED) is 0.571. The van der Waals surface area contributed by atoms with E-state index in [2.05, 4.69) is 0 Å². The molecule has 0 aliphatic heterocycles. The van der Waals surface area contributed by atoms with Crippen molar-refractivity contribution in [3.05, 3.63) is 0 Å². The molecule has 0 aromatic heterocycles. The van der Waals surface area contributed by atoms with E-state index in [0.29, 0.717) is 12.3 Å². The van der Waals surface area contributed by atoms with E-state index < -0.39 is 5.97 Å². The molecule has 0 rings (SSSR count). The van der Waals surface area contributed by atoms with Crippen LogP contribution in [0.4, 0.5) is 0 Å². The van der Waals surface area contributed by atoms with Crippen molar-refractivity contribution in [3.63, 3.8) is 0 Å². The van der Waals surface area contributed by atoms with E-state index in [-0.39, 0.29) is 65.1 Å². The van der Waals surface area contributed by atoms with Crippen LogP contribution in [0.25, 0.3) is 0 Å². The summed E-state index contributed by atoms with van der Waals surface area (Å²) in [7, 11) is 0. The average Bonchev–Trinajstić information content (AvgIpc) is 1.84. The van der Waals surface area contributed by atoms with Gasteiger partial charge in [-0.25, -0.2) is 0 Å². The van der Waals surface area contributed by atoms with Crippen LogP contribution in [-0.4, -0.2) is 11.1 Å². The number of hydrogen-bond donors (Lipinski definition) is 1. The van der Waals surface area contributed by atoms with Crippen molar-refractivity contribution in [2.75, 3.05) is 0 Å². The van der Waals surface area contributed by atoms with Gasteiger partial charge in [-0.15, -0.1) is 0 Å². The maximum Gasteiger partial charge on any atom is 1.00 e. The van der Waals surface area contributed by atoms with Gasteiger partial charge in [0.15, 0.2) is 0 Å². The number of carbonyl (C=O) groups is 1. The molecule has 0 amide bonds. The molecule has 1 atom stereocenters. The summed E-state index contributed by atoms with van der Waals surface area (Å²) in [5.41, 5.74) is 0. The van der Waals surface area contributed by atoms with Gasteiger partial charge in [0.05, 0.1) is 18.4 Å². The number of nitriles is 1. The summed E-state index contributed by atoms with van der Waals surface area (Å²) in [4.78, 5) is 10.2. The Kier molecular flexibility index (Phi) is 10.3. The molecule has 0 bridgehead atoms. The van der Waals surface area contributed by atoms with Crippen molar-refractivity contribution >= 4 is 5.97 Å². The third-order valence-corrected chi connectivity index (χ3v) is 1.36. The topological polar surface area (TPSA) is 61.1 Å². The van der Waals surface area contributed by atoms with Crippen LogP contribution in [0, 0.1) is 23.2 Å². The molecule has 12 heavy (non-hydrogen) atoms. The number of aliphatic carboxylic acids is 1. The molecule has 0 saturated heterocycles. The molecule has 64 valence electrons. The summed E-state index contributed by atoms with van der Waals surface area (Å²) in [5, 5.41) is 16.9. The van der Waals surface area contributed by atoms with Crippen LogP contribution in [0.15, 0.2) is 0 Å². The second-order valence-corrected chi connectivity index (χ2v) is 3.05. The van der Waals surface area contributed by atoms with Gasteiger partial charge in [0.1, 0.15) is 0 Å². The fourth-order valence-electron chi connectivity index (χ4n) is 0.962. The molecule has 0 aliphatic rings. The van der Waals surface area contributed by atoms with Gasteiger partial charge in [0, 0.05) is 0 Å². The largest absolute Gasteiger partial charge is 1.00 e. The van der Waals surface area contributed by atoms with Crippen LogP contribution in [0.1, 0.15) is 28.1 Å². The molecule has 1 N–H and O–H groups in total. The van der Waals surface area contributed by atoms with Gasteiger partial charge in [0.2, 0.25) is 0 Å². The molecule has 0 spiro atoms. The molecule has 0 aromatic carbocycles. The molecular weight excluding hydrogens is 181 g/mol. The van der Waals surface area contributed by atoms with Crippen molar-refractivity contribution in [2.45, 2.75) is 26.7 Å². The zero-order valence-electron chi connectivity index (χ0n) is 8.87. The minimum Gasteiger partial charge on any atom is -1.00 e. The summed E-state index contributed by atoms with van der Waals surface area (Å²) < 4.78 is 0. The van der Waals surface area contributed by atoms with Gasteiger partial charge in [0.25, 0.3) is 0 Å². The Bertz CT molecular complexity index is 179. The summed E-state index contributed by atoms with van der Waals surface area (Å²) in [6.45, 7) is 3.96. The normalized spacial score (nSPS) is 11.5. The molecule has 0 aliphatic carbocycles. The van der Waals surface area contributed by atoms with Crippen LogP contribution in [0.5, 0.6) is 0 Å². The first-order valence-corrected chi connectivity index (χ1v) is 3.67.